The predicted molar refractivity (Wildman–Crippen MR) is 83.0 cm³/mol. The van der Waals surface area contributed by atoms with Gasteiger partial charge in [0.15, 0.2) is 0 Å². The molecule has 0 unspecified atom stereocenters. The van der Waals surface area contributed by atoms with Gasteiger partial charge < -0.3 is 10.6 Å². The molecule has 1 saturated carbocycles. The number of nitrogens with one attached hydrogen (secondary N) is 2. The maximum Gasteiger partial charge on any atom is 0.234 e. The molecule has 1 aliphatic rings. The lowest BCUT2D eigenvalue weighted by molar-refractivity contribution is -0.120. The first-order valence-electron chi connectivity index (χ1n) is 7.67. The Bertz CT molecular complexity index is 590. The third-order valence-corrected chi connectivity index (χ3v) is 3.74. The number of carbonyl (C=O) groups is 1. The average Bonchev–Trinajstić information content (AvgIpc) is 3.21. The van der Waals surface area contributed by atoms with Crippen LogP contribution in [0.15, 0.2) is 36.9 Å². The molecule has 0 saturated heterocycles. The molecule has 1 aromatic heterocycles. The summed E-state index contributed by atoms with van der Waals surface area (Å²) in [7, 11) is 0. The van der Waals surface area contributed by atoms with Crippen LogP contribution in [-0.4, -0.2) is 33.8 Å². The smallest absolute Gasteiger partial charge is 0.234 e. The average molecular weight is 299 g/mol. The highest BCUT2D eigenvalue weighted by Gasteiger charge is 2.20. The second kappa shape index (κ2) is 7.17. The first kappa shape index (κ1) is 14.7. The molecule has 1 amide bonds. The Hall–Kier alpha value is -2.21. The molecule has 0 radical (unpaired) electrons. The molecule has 116 valence electrons. The van der Waals surface area contributed by atoms with E-state index >= 15 is 0 Å². The molecule has 0 bridgehead atoms. The van der Waals surface area contributed by atoms with Gasteiger partial charge in [0.2, 0.25) is 5.91 Å². The molecular formula is C16H21N5O. The predicted octanol–water partition coefficient (Wildman–Crippen LogP) is 0.942. The lowest BCUT2D eigenvalue weighted by atomic mass is 10.1. The number of amides is 1. The fourth-order valence-electron chi connectivity index (χ4n) is 2.24. The van der Waals surface area contributed by atoms with E-state index in [-0.39, 0.29) is 5.91 Å². The van der Waals surface area contributed by atoms with Crippen LogP contribution in [0, 0.1) is 5.92 Å². The van der Waals surface area contributed by atoms with Crippen molar-refractivity contribution in [2.24, 2.45) is 5.92 Å². The number of hydrogen-bond donors (Lipinski definition) is 2. The molecule has 1 fully saturated rings. The summed E-state index contributed by atoms with van der Waals surface area (Å²) in [6.07, 6.45) is 5.83. The summed E-state index contributed by atoms with van der Waals surface area (Å²) in [5.74, 6) is 0.845. The van der Waals surface area contributed by atoms with Gasteiger partial charge in [0, 0.05) is 6.54 Å². The van der Waals surface area contributed by atoms with Crippen molar-refractivity contribution in [2.75, 3.05) is 13.1 Å². The van der Waals surface area contributed by atoms with Gasteiger partial charge in [-0.3, -0.25) is 4.79 Å². The Morgan fingerprint density at radius 1 is 1.23 bits per heavy atom. The summed E-state index contributed by atoms with van der Waals surface area (Å²) < 4.78 is 1.78. The van der Waals surface area contributed by atoms with E-state index in [0.717, 1.165) is 23.6 Å². The van der Waals surface area contributed by atoms with Crippen LogP contribution in [0.2, 0.25) is 0 Å². The largest absolute Gasteiger partial charge is 0.351 e. The molecule has 22 heavy (non-hydrogen) atoms. The second-order valence-corrected chi connectivity index (χ2v) is 5.76. The summed E-state index contributed by atoms with van der Waals surface area (Å²) in [5, 5.41) is 10.2. The second-order valence-electron chi connectivity index (χ2n) is 5.76. The Kier molecular flexibility index (Phi) is 4.80. The lowest BCUT2D eigenvalue weighted by Crippen LogP contribution is -2.34. The summed E-state index contributed by atoms with van der Waals surface area (Å²) in [5.41, 5.74) is 2.25. The van der Waals surface area contributed by atoms with Crippen LogP contribution in [0.25, 0.3) is 0 Å². The maximum absolute atomic E-state index is 11.7. The van der Waals surface area contributed by atoms with Gasteiger partial charge in [0.1, 0.15) is 12.7 Å². The van der Waals surface area contributed by atoms with Crippen molar-refractivity contribution in [3.05, 3.63) is 48.0 Å². The third-order valence-electron chi connectivity index (χ3n) is 3.74. The van der Waals surface area contributed by atoms with Crippen molar-refractivity contribution < 1.29 is 4.79 Å². The van der Waals surface area contributed by atoms with Crippen molar-refractivity contribution in [3.63, 3.8) is 0 Å². The minimum absolute atomic E-state index is 0.0485. The highest BCUT2D eigenvalue weighted by Crippen LogP contribution is 2.27. The van der Waals surface area contributed by atoms with E-state index in [9.17, 15) is 4.79 Å². The Labute approximate surface area is 129 Å². The zero-order valence-electron chi connectivity index (χ0n) is 12.5. The van der Waals surface area contributed by atoms with Crippen LogP contribution in [0.4, 0.5) is 0 Å². The van der Waals surface area contributed by atoms with E-state index in [1.165, 1.54) is 19.2 Å². The highest BCUT2D eigenvalue weighted by molar-refractivity contribution is 5.77. The number of aromatic nitrogens is 3. The van der Waals surface area contributed by atoms with Crippen LogP contribution >= 0.6 is 0 Å². The van der Waals surface area contributed by atoms with E-state index < -0.39 is 0 Å². The van der Waals surface area contributed by atoms with Crippen molar-refractivity contribution >= 4 is 5.91 Å². The number of benzene rings is 1. The van der Waals surface area contributed by atoms with Gasteiger partial charge in [-0.05, 0) is 36.4 Å². The highest BCUT2D eigenvalue weighted by atomic mass is 16.1. The van der Waals surface area contributed by atoms with Crippen LogP contribution < -0.4 is 10.6 Å². The fraction of sp³-hybridized carbons (Fsp3) is 0.438. The normalized spacial score (nSPS) is 14.0. The zero-order valence-corrected chi connectivity index (χ0v) is 12.5. The quantitative estimate of drug-likeness (QED) is 0.761. The maximum atomic E-state index is 11.7. The van der Waals surface area contributed by atoms with Crippen molar-refractivity contribution in [1.82, 2.24) is 25.4 Å². The molecule has 1 heterocycles. The van der Waals surface area contributed by atoms with E-state index in [4.69, 9.17) is 0 Å². The van der Waals surface area contributed by atoms with Crippen molar-refractivity contribution in [3.8, 4) is 0 Å². The van der Waals surface area contributed by atoms with Crippen LogP contribution in [-0.2, 0) is 17.9 Å². The molecule has 2 aromatic rings. The molecule has 6 heteroatoms. The molecule has 3 rings (SSSR count). The minimum atomic E-state index is 0.0485. The number of hydrogen-bond acceptors (Lipinski definition) is 4. The van der Waals surface area contributed by atoms with Crippen LogP contribution in [0.3, 0.4) is 0 Å². The van der Waals surface area contributed by atoms with E-state index in [1.807, 2.05) is 12.1 Å². The molecule has 1 aliphatic carbocycles. The fourth-order valence-corrected chi connectivity index (χ4v) is 2.24. The van der Waals surface area contributed by atoms with Gasteiger partial charge >= 0.3 is 0 Å². The van der Waals surface area contributed by atoms with E-state index in [0.29, 0.717) is 19.6 Å². The Balaban J connectivity index is 1.39. The lowest BCUT2D eigenvalue weighted by Gasteiger charge is -2.07. The van der Waals surface area contributed by atoms with Gasteiger partial charge in [-0.15, -0.1) is 0 Å². The van der Waals surface area contributed by atoms with Gasteiger partial charge in [0.25, 0.3) is 0 Å². The minimum Gasteiger partial charge on any atom is -0.351 e. The van der Waals surface area contributed by atoms with Crippen LogP contribution in [0.1, 0.15) is 24.0 Å². The SMILES string of the molecule is O=C(CNCC1CC1)NCc1ccc(Cn2cncn2)cc1. The molecule has 0 atom stereocenters. The summed E-state index contributed by atoms with van der Waals surface area (Å²) in [6.45, 7) is 2.64. The summed E-state index contributed by atoms with van der Waals surface area (Å²) in [6, 6.07) is 8.16. The van der Waals surface area contributed by atoms with Gasteiger partial charge in [-0.1, -0.05) is 24.3 Å². The first-order chi connectivity index (χ1) is 10.8. The molecular weight excluding hydrogens is 278 g/mol. The van der Waals surface area contributed by atoms with E-state index in [1.54, 1.807) is 11.0 Å². The number of nitrogens with zero attached hydrogens (tertiary/aromatic N) is 3. The molecule has 0 aliphatic heterocycles. The Morgan fingerprint density at radius 3 is 2.68 bits per heavy atom. The van der Waals surface area contributed by atoms with Crippen molar-refractivity contribution in [2.45, 2.75) is 25.9 Å². The first-order valence-corrected chi connectivity index (χ1v) is 7.67. The van der Waals surface area contributed by atoms with Crippen molar-refractivity contribution in [1.29, 1.82) is 0 Å². The van der Waals surface area contributed by atoms with Gasteiger partial charge in [-0.25, -0.2) is 9.67 Å². The topological polar surface area (TPSA) is 71.8 Å². The number of carbonyl (C=O) groups excluding carboxylic acids is 1. The molecule has 6 nitrogen and oxygen atoms in total. The monoisotopic (exact) mass is 299 g/mol. The molecule has 2 N–H and O–H groups in total. The zero-order chi connectivity index (χ0) is 15.2. The van der Waals surface area contributed by atoms with Gasteiger partial charge in [0.05, 0.1) is 13.1 Å². The number of rotatable bonds is 8. The van der Waals surface area contributed by atoms with Crippen LogP contribution in [0.5, 0.6) is 0 Å². The summed E-state index contributed by atoms with van der Waals surface area (Å²) >= 11 is 0. The standard InChI is InChI=1S/C16H21N5O/c22-16(9-17-7-13-1-2-13)19-8-14-3-5-15(6-4-14)10-21-12-18-11-20-21/h3-6,11-13,17H,1-2,7-10H2,(H,19,22). The van der Waals surface area contributed by atoms with Gasteiger partial charge in [-0.2, -0.15) is 5.10 Å². The Morgan fingerprint density at radius 2 is 2.00 bits per heavy atom. The molecule has 1 aromatic carbocycles. The van der Waals surface area contributed by atoms with E-state index in [2.05, 4.69) is 32.8 Å². The summed E-state index contributed by atoms with van der Waals surface area (Å²) in [4.78, 5) is 15.6. The third kappa shape index (κ3) is 4.66. The molecule has 0 spiro atoms.